The lowest BCUT2D eigenvalue weighted by atomic mass is 10.2. The van der Waals surface area contributed by atoms with Crippen LogP contribution in [0, 0.1) is 5.82 Å². The molecule has 0 saturated heterocycles. The second-order valence-electron chi connectivity index (χ2n) is 4.00. The number of ether oxygens (including phenoxy) is 1. The molecule has 3 nitrogen and oxygen atoms in total. The first-order valence-corrected chi connectivity index (χ1v) is 5.79. The lowest BCUT2D eigenvalue weighted by Gasteiger charge is -2.13. The predicted octanol–water partition coefficient (Wildman–Crippen LogP) is 2.51. The number of hydrogen-bond donors (Lipinski definition) is 1. The highest BCUT2D eigenvalue weighted by molar-refractivity contribution is 5.77. The van der Waals surface area contributed by atoms with E-state index in [1.54, 1.807) is 0 Å². The minimum Gasteiger partial charge on any atom is -0.484 e. The Morgan fingerprint density at radius 3 is 2.65 bits per heavy atom. The van der Waals surface area contributed by atoms with Gasteiger partial charge in [0.25, 0.3) is 5.91 Å². The molecular formula is C13H18FNO2. The van der Waals surface area contributed by atoms with Crippen LogP contribution in [-0.4, -0.2) is 18.6 Å². The van der Waals surface area contributed by atoms with Gasteiger partial charge in [-0.25, -0.2) is 4.39 Å². The predicted molar refractivity (Wildman–Crippen MR) is 64.4 cm³/mol. The third-order valence-electron chi connectivity index (χ3n) is 2.31. The number of halogens is 1. The lowest BCUT2D eigenvalue weighted by Crippen LogP contribution is -2.35. The molecule has 0 aromatic heterocycles. The molecule has 0 radical (unpaired) electrons. The second-order valence-corrected chi connectivity index (χ2v) is 4.00. The third kappa shape index (κ3) is 5.33. The zero-order valence-electron chi connectivity index (χ0n) is 10.2. The van der Waals surface area contributed by atoms with Crippen molar-refractivity contribution < 1.29 is 13.9 Å². The van der Waals surface area contributed by atoms with Crippen LogP contribution in [0.4, 0.5) is 4.39 Å². The fourth-order valence-electron chi connectivity index (χ4n) is 1.50. The summed E-state index contributed by atoms with van der Waals surface area (Å²) < 4.78 is 17.8. The highest BCUT2D eigenvalue weighted by Crippen LogP contribution is 2.10. The van der Waals surface area contributed by atoms with E-state index in [0.29, 0.717) is 5.75 Å². The first-order valence-electron chi connectivity index (χ1n) is 5.79. The molecule has 0 aliphatic heterocycles. The molecule has 0 spiro atoms. The van der Waals surface area contributed by atoms with Crippen LogP contribution < -0.4 is 10.1 Å². The Labute approximate surface area is 101 Å². The van der Waals surface area contributed by atoms with Gasteiger partial charge in [-0.05, 0) is 37.6 Å². The summed E-state index contributed by atoms with van der Waals surface area (Å²) >= 11 is 0. The highest BCUT2D eigenvalue weighted by Gasteiger charge is 2.06. The number of benzene rings is 1. The standard InChI is InChI=1S/C13H18FNO2/c1-3-4-10(2)15-13(16)9-17-12-7-5-11(14)6-8-12/h5-8,10H,3-4,9H2,1-2H3,(H,15,16). The molecule has 0 aliphatic carbocycles. The van der Waals surface area contributed by atoms with Crippen molar-refractivity contribution in [3.8, 4) is 5.75 Å². The van der Waals surface area contributed by atoms with Gasteiger partial charge < -0.3 is 10.1 Å². The van der Waals surface area contributed by atoms with Crippen molar-refractivity contribution in [2.75, 3.05) is 6.61 Å². The molecule has 0 heterocycles. The highest BCUT2D eigenvalue weighted by atomic mass is 19.1. The van der Waals surface area contributed by atoms with Crippen LogP contribution in [0.2, 0.25) is 0 Å². The molecule has 1 unspecified atom stereocenters. The van der Waals surface area contributed by atoms with Gasteiger partial charge in [0.15, 0.2) is 6.61 Å². The van der Waals surface area contributed by atoms with Crippen molar-refractivity contribution in [3.63, 3.8) is 0 Å². The third-order valence-corrected chi connectivity index (χ3v) is 2.31. The lowest BCUT2D eigenvalue weighted by molar-refractivity contribution is -0.123. The Kier molecular flexibility index (Phi) is 5.46. The summed E-state index contributed by atoms with van der Waals surface area (Å²) in [5.74, 6) is 0.0124. The van der Waals surface area contributed by atoms with Gasteiger partial charge in [-0.2, -0.15) is 0 Å². The molecule has 1 N–H and O–H groups in total. The van der Waals surface area contributed by atoms with Crippen molar-refractivity contribution in [3.05, 3.63) is 30.1 Å². The molecular weight excluding hydrogens is 221 g/mol. The van der Waals surface area contributed by atoms with Crippen molar-refractivity contribution in [1.29, 1.82) is 0 Å². The zero-order valence-corrected chi connectivity index (χ0v) is 10.2. The summed E-state index contributed by atoms with van der Waals surface area (Å²) in [7, 11) is 0. The number of amides is 1. The Morgan fingerprint density at radius 2 is 2.06 bits per heavy atom. The first-order chi connectivity index (χ1) is 8.11. The van der Waals surface area contributed by atoms with E-state index in [4.69, 9.17) is 4.74 Å². The SMILES string of the molecule is CCCC(C)NC(=O)COc1ccc(F)cc1. The van der Waals surface area contributed by atoms with Crippen LogP contribution >= 0.6 is 0 Å². The molecule has 94 valence electrons. The Morgan fingerprint density at radius 1 is 1.41 bits per heavy atom. The second kappa shape index (κ2) is 6.89. The molecule has 0 bridgehead atoms. The van der Waals surface area contributed by atoms with E-state index < -0.39 is 0 Å². The van der Waals surface area contributed by atoms with Gasteiger partial charge in [-0.15, -0.1) is 0 Å². The molecule has 1 atom stereocenters. The van der Waals surface area contributed by atoms with E-state index in [9.17, 15) is 9.18 Å². The summed E-state index contributed by atoms with van der Waals surface area (Å²) in [5, 5.41) is 2.82. The molecule has 1 amide bonds. The van der Waals surface area contributed by atoms with E-state index in [1.165, 1.54) is 24.3 Å². The molecule has 0 fully saturated rings. The van der Waals surface area contributed by atoms with Gasteiger partial charge in [-0.3, -0.25) is 4.79 Å². The summed E-state index contributed by atoms with van der Waals surface area (Å²) in [6.45, 7) is 3.98. The summed E-state index contributed by atoms with van der Waals surface area (Å²) in [4.78, 5) is 11.5. The summed E-state index contributed by atoms with van der Waals surface area (Å²) in [6, 6.07) is 5.75. The maximum atomic E-state index is 12.6. The van der Waals surface area contributed by atoms with Crippen LogP contribution in [0.3, 0.4) is 0 Å². The van der Waals surface area contributed by atoms with Gasteiger partial charge in [0.05, 0.1) is 0 Å². The monoisotopic (exact) mass is 239 g/mol. The maximum absolute atomic E-state index is 12.6. The van der Waals surface area contributed by atoms with E-state index in [1.807, 2.05) is 6.92 Å². The number of carbonyl (C=O) groups is 1. The molecule has 1 aromatic rings. The quantitative estimate of drug-likeness (QED) is 0.828. The largest absolute Gasteiger partial charge is 0.484 e. The Balaban J connectivity index is 2.30. The van der Waals surface area contributed by atoms with Gasteiger partial charge in [-0.1, -0.05) is 13.3 Å². The van der Waals surface area contributed by atoms with Crippen LogP contribution in [0.1, 0.15) is 26.7 Å². The number of carbonyl (C=O) groups excluding carboxylic acids is 1. The topological polar surface area (TPSA) is 38.3 Å². The van der Waals surface area contributed by atoms with Gasteiger partial charge in [0.1, 0.15) is 11.6 Å². The Bertz CT molecular complexity index is 351. The molecule has 17 heavy (non-hydrogen) atoms. The fraction of sp³-hybridized carbons (Fsp3) is 0.462. The zero-order chi connectivity index (χ0) is 12.7. The van der Waals surface area contributed by atoms with Crippen molar-refractivity contribution >= 4 is 5.91 Å². The van der Waals surface area contributed by atoms with Gasteiger partial charge >= 0.3 is 0 Å². The minimum absolute atomic E-state index is 0.0420. The van der Waals surface area contributed by atoms with Crippen molar-refractivity contribution in [1.82, 2.24) is 5.32 Å². The van der Waals surface area contributed by atoms with Gasteiger partial charge in [0.2, 0.25) is 0 Å². The molecule has 0 aliphatic rings. The normalized spacial score (nSPS) is 11.9. The van der Waals surface area contributed by atoms with E-state index >= 15 is 0 Å². The van der Waals surface area contributed by atoms with E-state index in [2.05, 4.69) is 12.2 Å². The van der Waals surface area contributed by atoms with Crippen LogP contribution in [0.15, 0.2) is 24.3 Å². The number of nitrogens with one attached hydrogen (secondary N) is 1. The fourth-order valence-corrected chi connectivity index (χ4v) is 1.50. The van der Waals surface area contributed by atoms with Crippen molar-refractivity contribution in [2.24, 2.45) is 0 Å². The molecule has 1 aromatic carbocycles. The molecule has 0 saturated carbocycles. The molecule has 4 heteroatoms. The first kappa shape index (κ1) is 13.5. The minimum atomic E-state index is -0.321. The Hall–Kier alpha value is -1.58. The summed E-state index contributed by atoms with van der Waals surface area (Å²) in [6.07, 6.45) is 1.97. The smallest absolute Gasteiger partial charge is 0.258 e. The number of hydrogen-bond acceptors (Lipinski definition) is 2. The van der Waals surface area contributed by atoms with Crippen LogP contribution in [-0.2, 0) is 4.79 Å². The molecule has 1 rings (SSSR count). The summed E-state index contributed by atoms with van der Waals surface area (Å²) in [5.41, 5.74) is 0. The van der Waals surface area contributed by atoms with E-state index in [-0.39, 0.29) is 24.4 Å². The average Bonchev–Trinajstić information content (AvgIpc) is 2.28. The van der Waals surface area contributed by atoms with Gasteiger partial charge in [0, 0.05) is 6.04 Å². The van der Waals surface area contributed by atoms with Crippen molar-refractivity contribution in [2.45, 2.75) is 32.7 Å². The van der Waals surface area contributed by atoms with Crippen LogP contribution in [0.25, 0.3) is 0 Å². The number of rotatable bonds is 6. The maximum Gasteiger partial charge on any atom is 0.258 e. The average molecular weight is 239 g/mol. The van der Waals surface area contributed by atoms with Crippen LogP contribution in [0.5, 0.6) is 5.75 Å². The van der Waals surface area contributed by atoms with E-state index in [0.717, 1.165) is 12.8 Å².